The van der Waals surface area contributed by atoms with Crippen molar-refractivity contribution in [3.8, 4) is 0 Å². The van der Waals surface area contributed by atoms with Gasteiger partial charge in [-0.05, 0) is 77.2 Å². The number of hydrogen-bond acceptors (Lipinski definition) is 4. The van der Waals surface area contributed by atoms with Crippen LogP contribution in [0.15, 0.2) is 11.3 Å². The topological polar surface area (TPSA) is 24.9 Å². The molecule has 2 heterocycles. The quantitative estimate of drug-likeness (QED) is 0.548. The molecule has 4 heteroatoms. The van der Waals surface area contributed by atoms with Crippen molar-refractivity contribution < 1.29 is 9.47 Å². The van der Waals surface area contributed by atoms with Gasteiger partial charge in [-0.2, -0.15) is 0 Å². The molecule has 27 heavy (non-hydrogen) atoms. The third-order valence-electron chi connectivity index (χ3n) is 6.70. The molecule has 0 aromatic rings. The highest BCUT2D eigenvalue weighted by molar-refractivity contribution is 5.16. The smallest absolute Gasteiger partial charge is 0.134 e. The van der Waals surface area contributed by atoms with E-state index < -0.39 is 0 Å². The fourth-order valence-corrected chi connectivity index (χ4v) is 4.81. The van der Waals surface area contributed by atoms with Crippen LogP contribution in [0.3, 0.4) is 0 Å². The van der Waals surface area contributed by atoms with Crippen LogP contribution in [0, 0.1) is 11.3 Å². The molecule has 4 nitrogen and oxygen atoms in total. The Morgan fingerprint density at radius 3 is 2.41 bits per heavy atom. The molecule has 2 unspecified atom stereocenters. The van der Waals surface area contributed by atoms with Crippen LogP contribution in [0.2, 0.25) is 0 Å². The Hall–Kier alpha value is -0.580. The predicted molar refractivity (Wildman–Crippen MR) is 114 cm³/mol. The first-order chi connectivity index (χ1) is 12.9. The molecule has 0 aliphatic carbocycles. The van der Waals surface area contributed by atoms with Gasteiger partial charge in [-0.15, -0.1) is 0 Å². The highest BCUT2D eigenvalue weighted by Gasteiger charge is 2.38. The first-order valence-corrected chi connectivity index (χ1v) is 11.1. The second kappa shape index (κ2) is 10.8. The zero-order chi connectivity index (χ0) is 19.9. The number of piperidine rings is 2. The van der Waals surface area contributed by atoms with E-state index >= 15 is 0 Å². The summed E-state index contributed by atoms with van der Waals surface area (Å²) in [5.41, 5.74) is 1.45. The van der Waals surface area contributed by atoms with Gasteiger partial charge in [-0.1, -0.05) is 27.2 Å². The van der Waals surface area contributed by atoms with Crippen molar-refractivity contribution in [2.24, 2.45) is 11.3 Å². The molecule has 2 aliphatic rings. The van der Waals surface area contributed by atoms with Gasteiger partial charge >= 0.3 is 0 Å². The van der Waals surface area contributed by atoms with Crippen molar-refractivity contribution in [1.82, 2.24) is 9.80 Å². The number of nitrogens with zero attached hydrogens (tertiary/aromatic N) is 2. The molecule has 2 atom stereocenters. The molecule has 2 fully saturated rings. The maximum atomic E-state index is 6.79. The second-order valence-corrected chi connectivity index (χ2v) is 9.34. The normalized spacial score (nSPS) is 25.2. The third kappa shape index (κ3) is 6.47. The molecule has 0 aromatic heterocycles. The zero-order valence-electron chi connectivity index (χ0n) is 18.9. The number of ether oxygens (including phenoxy) is 2. The maximum Gasteiger partial charge on any atom is 0.134 e. The van der Waals surface area contributed by atoms with Crippen molar-refractivity contribution in [1.29, 1.82) is 0 Å². The average molecular weight is 381 g/mol. The minimum atomic E-state index is 0.0582. The molecule has 0 bridgehead atoms. The number of methoxy groups -OCH3 is 1. The van der Waals surface area contributed by atoms with E-state index in [1.54, 1.807) is 7.11 Å². The van der Waals surface area contributed by atoms with Gasteiger partial charge in [0.15, 0.2) is 0 Å². The fourth-order valence-electron chi connectivity index (χ4n) is 4.81. The monoisotopic (exact) mass is 380 g/mol. The van der Waals surface area contributed by atoms with E-state index in [1.807, 2.05) is 0 Å². The predicted octanol–water partition coefficient (Wildman–Crippen LogP) is 4.56. The van der Waals surface area contributed by atoms with Gasteiger partial charge < -0.3 is 14.4 Å². The lowest BCUT2D eigenvalue weighted by atomic mass is 9.72. The summed E-state index contributed by atoms with van der Waals surface area (Å²) >= 11 is 0. The van der Waals surface area contributed by atoms with E-state index in [4.69, 9.17) is 9.47 Å². The molecule has 0 N–H and O–H groups in total. The zero-order valence-corrected chi connectivity index (χ0v) is 18.9. The molecule has 0 saturated carbocycles. The largest absolute Gasteiger partial charge is 0.491 e. The Kier molecular flexibility index (Phi) is 9.10. The molecule has 2 saturated heterocycles. The lowest BCUT2D eigenvalue weighted by Gasteiger charge is -2.43. The summed E-state index contributed by atoms with van der Waals surface area (Å²) in [6.07, 6.45) is 7.75. The highest BCUT2D eigenvalue weighted by atomic mass is 16.5. The number of likely N-dealkylation sites (tertiary alicyclic amines) is 2. The van der Waals surface area contributed by atoms with E-state index in [0.717, 1.165) is 19.5 Å². The van der Waals surface area contributed by atoms with Gasteiger partial charge in [0.25, 0.3) is 0 Å². The van der Waals surface area contributed by atoms with Crippen LogP contribution in [0.5, 0.6) is 0 Å². The fraction of sp³-hybridized carbons (Fsp3) is 0.913. The molecular weight excluding hydrogens is 336 g/mol. The lowest BCUT2D eigenvalue weighted by molar-refractivity contribution is -0.0252. The van der Waals surface area contributed by atoms with Crippen molar-refractivity contribution in [2.45, 2.75) is 72.3 Å². The van der Waals surface area contributed by atoms with Gasteiger partial charge in [0.2, 0.25) is 0 Å². The van der Waals surface area contributed by atoms with Gasteiger partial charge in [-0.25, -0.2) is 0 Å². The molecule has 2 aliphatic heterocycles. The highest BCUT2D eigenvalue weighted by Crippen LogP contribution is 2.42. The average Bonchev–Trinajstić information content (AvgIpc) is 2.66. The van der Waals surface area contributed by atoms with Gasteiger partial charge in [-0.3, -0.25) is 4.90 Å². The van der Waals surface area contributed by atoms with Crippen molar-refractivity contribution in [2.75, 3.05) is 53.5 Å². The molecule has 0 radical (unpaired) electrons. The Labute approximate surface area is 168 Å². The summed E-state index contributed by atoms with van der Waals surface area (Å²) in [4.78, 5) is 5.04. The third-order valence-corrected chi connectivity index (χ3v) is 6.70. The Balaban J connectivity index is 2.15. The number of hydrogen-bond donors (Lipinski definition) is 0. The van der Waals surface area contributed by atoms with Crippen LogP contribution in [-0.2, 0) is 9.47 Å². The van der Waals surface area contributed by atoms with Crippen LogP contribution < -0.4 is 0 Å². The standard InChI is InChI=1S/C23H44N2O2/c1-7-19(2)22(23(3,4)20-12-11-13-24(5)16-20)27-21(18-26-6)17-25-14-9-8-10-15-25/h20-21H,7-18H2,1-6H3/b22-19+. The molecule has 2 rings (SSSR count). The Morgan fingerprint density at radius 1 is 1.11 bits per heavy atom. The van der Waals surface area contributed by atoms with E-state index in [-0.39, 0.29) is 11.5 Å². The number of allylic oxidation sites excluding steroid dienone is 2. The molecule has 158 valence electrons. The van der Waals surface area contributed by atoms with Crippen molar-refractivity contribution >= 4 is 0 Å². The lowest BCUT2D eigenvalue weighted by Crippen LogP contribution is -2.44. The molecule has 0 amide bonds. The van der Waals surface area contributed by atoms with Crippen LogP contribution in [-0.4, -0.2) is 69.4 Å². The van der Waals surface area contributed by atoms with Crippen molar-refractivity contribution in [3.05, 3.63) is 11.3 Å². The van der Waals surface area contributed by atoms with Crippen LogP contribution in [0.25, 0.3) is 0 Å². The second-order valence-electron chi connectivity index (χ2n) is 9.34. The minimum absolute atomic E-state index is 0.0582. The Morgan fingerprint density at radius 2 is 1.81 bits per heavy atom. The summed E-state index contributed by atoms with van der Waals surface area (Å²) in [6, 6.07) is 0. The summed E-state index contributed by atoms with van der Waals surface area (Å²) in [6.45, 7) is 15.7. The first-order valence-electron chi connectivity index (χ1n) is 11.1. The summed E-state index contributed by atoms with van der Waals surface area (Å²) in [5, 5.41) is 0. The molecule has 0 spiro atoms. The van der Waals surface area contributed by atoms with Gasteiger partial charge in [0, 0.05) is 25.6 Å². The minimum Gasteiger partial charge on any atom is -0.491 e. The summed E-state index contributed by atoms with van der Waals surface area (Å²) < 4.78 is 12.3. The van der Waals surface area contributed by atoms with Crippen LogP contribution >= 0.6 is 0 Å². The SMILES string of the molecule is CC/C(C)=C(/OC(COC)CN1CCCCC1)C(C)(C)C1CCCN(C)C1. The van der Waals surface area contributed by atoms with E-state index in [2.05, 4.69) is 44.5 Å². The first kappa shape index (κ1) is 22.7. The van der Waals surface area contributed by atoms with Gasteiger partial charge in [0.1, 0.15) is 11.9 Å². The number of rotatable bonds is 9. The van der Waals surface area contributed by atoms with Gasteiger partial charge in [0.05, 0.1) is 6.61 Å². The van der Waals surface area contributed by atoms with Crippen LogP contribution in [0.4, 0.5) is 0 Å². The van der Waals surface area contributed by atoms with Crippen molar-refractivity contribution in [3.63, 3.8) is 0 Å². The molecule has 0 aromatic carbocycles. The van der Waals surface area contributed by atoms with Crippen LogP contribution in [0.1, 0.15) is 66.2 Å². The van der Waals surface area contributed by atoms with E-state index in [1.165, 1.54) is 63.1 Å². The van der Waals surface area contributed by atoms with E-state index in [0.29, 0.717) is 12.5 Å². The van der Waals surface area contributed by atoms with E-state index in [9.17, 15) is 0 Å². The summed E-state index contributed by atoms with van der Waals surface area (Å²) in [7, 11) is 4.05. The molecular formula is C23H44N2O2. The summed E-state index contributed by atoms with van der Waals surface area (Å²) in [5.74, 6) is 1.87. The maximum absolute atomic E-state index is 6.79. The Bertz CT molecular complexity index is 469.